The molecule has 1 rings (SSSR count). The van der Waals surface area contributed by atoms with Gasteiger partial charge in [0.1, 0.15) is 9.84 Å². The molecule has 0 bridgehead atoms. The Balaban J connectivity index is 3.05. The molecule has 0 amide bonds. The summed E-state index contributed by atoms with van der Waals surface area (Å²) in [6, 6.07) is 4.51. The van der Waals surface area contributed by atoms with Gasteiger partial charge in [-0.15, -0.1) is 0 Å². The molecule has 2 N–H and O–H groups in total. The first-order valence-electron chi connectivity index (χ1n) is 6.30. The van der Waals surface area contributed by atoms with Crippen LogP contribution in [0.5, 0.6) is 0 Å². The third-order valence-electron chi connectivity index (χ3n) is 3.20. The number of hydrogen-bond donors (Lipinski definition) is 1. The molecule has 0 spiro atoms. The van der Waals surface area contributed by atoms with E-state index in [4.69, 9.17) is 5.73 Å². The molecule has 0 saturated heterocycles. The lowest BCUT2D eigenvalue weighted by atomic mass is 9.99. The minimum atomic E-state index is -4.47. The summed E-state index contributed by atoms with van der Waals surface area (Å²) >= 11 is 0. The normalized spacial score (nSPS) is 14.4. The Hall–Kier alpha value is -1.12. The number of benzene rings is 1. The molecule has 0 fully saturated rings. The standard InChI is InChI=1S/C13H19F3N2O2S/c1-18(7-8-21(2,19)20)12(9-17)10-5-3-4-6-11(10)13(14,15)16/h3-6,12H,7-9,17H2,1-2H3. The summed E-state index contributed by atoms with van der Waals surface area (Å²) in [5.41, 5.74) is 4.91. The van der Waals surface area contributed by atoms with E-state index in [1.54, 1.807) is 7.05 Å². The van der Waals surface area contributed by atoms with Crippen molar-refractivity contribution in [3.05, 3.63) is 35.4 Å². The fraction of sp³-hybridized carbons (Fsp3) is 0.538. The van der Waals surface area contributed by atoms with Crippen LogP contribution >= 0.6 is 0 Å². The molecule has 0 aromatic heterocycles. The quantitative estimate of drug-likeness (QED) is 0.865. The highest BCUT2D eigenvalue weighted by Crippen LogP contribution is 2.35. The second-order valence-corrected chi connectivity index (χ2v) is 7.21. The zero-order valence-electron chi connectivity index (χ0n) is 11.9. The van der Waals surface area contributed by atoms with E-state index in [2.05, 4.69) is 0 Å². The molecule has 0 saturated carbocycles. The molecule has 1 aromatic carbocycles. The topological polar surface area (TPSA) is 63.4 Å². The van der Waals surface area contributed by atoms with Gasteiger partial charge in [-0.25, -0.2) is 8.42 Å². The summed E-state index contributed by atoms with van der Waals surface area (Å²) in [5.74, 6) is -0.131. The minimum Gasteiger partial charge on any atom is -0.329 e. The van der Waals surface area contributed by atoms with Crippen LogP contribution in [-0.4, -0.2) is 45.5 Å². The van der Waals surface area contributed by atoms with E-state index in [9.17, 15) is 21.6 Å². The molecule has 120 valence electrons. The van der Waals surface area contributed by atoms with Crippen LogP contribution in [0, 0.1) is 0 Å². The summed E-state index contributed by atoms with van der Waals surface area (Å²) < 4.78 is 61.4. The van der Waals surface area contributed by atoms with E-state index >= 15 is 0 Å². The van der Waals surface area contributed by atoms with E-state index in [1.807, 2.05) is 0 Å². The van der Waals surface area contributed by atoms with Gasteiger partial charge in [0, 0.05) is 25.4 Å². The number of halogens is 3. The average molecular weight is 324 g/mol. The molecule has 1 atom stereocenters. The fourth-order valence-electron chi connectivity index (χ4n) is 2.06. The number of alkyl halides is 3. The van der Waals surface area contributed by atoms with Crippen LogP contribution < -0.4 is 5.73 Å². The molecule has 8 heteroatoms. The number of likely N-dealkylation sites (N-methyl/N-ethyl adjacent to an activating group) is 1. The molecule has 0 heterocycles. The van der Waals surface area contributed by atoms with Crippen molar-refractivity contribution in [3.63, 3.8) is 0 Å². The number of sulfone groups is 1. The zero-order valence-corrected chi connectivity index (χ0v) is 12.7. The van der Waals surface area contributed by atoms with Crippen LogP contribution in [0.25, 0.3) is 0 Å². The maximum Gasteiger partial charge on any atom is 0.416 e. The molecular weight excluding hydrogens is 305 g/mol. The lowest BCUT2D eigenvalue weighted by Gasteiger charge is -2.29. The lowest BCUT2D eigenvalue weighted by molar-refractivity contribution is -0.138. The SMILES string of the molecule is CN(CCS(C)(=O)=O)C(CN)c1ccccc1C(F)(F)F. The summed E-state index contributed by atoms with van der Waals surface area (Å²) in [4.78, 5) is 1.53. The Morgan fingerprint density at radius 3 is 2.33 bits per heavy atom. The van der Waals surface area contributed by atoms with Crippen molar-refractivity contribution in [2.45, 2.75) is 12.2 Å². The Labute approximate surface area is 122 Å². The predicted octanol–water partition coefficient (Wildman–Crippen LogP) is 1.68. The molecule has 0 aliphatic carbocycles. The van der Waals surface area contributed by atoms with Crippen LogP contribution in [-0.2, 0) is 16.0 Å². The Bertz CT molecular complexity index is 573. The van der Waals surface area contributed by atoms with Gasteiger partial charge in [0.25, 0.3) is 0 Å². The van der Waals surface area contributed by atoms with Gasteiger partial charge in [-0.05, 0) is 18.7 Å². The highest BCUT2D eigenvalue weighted by molar-refractivity contribution is 7.90. The van der Waals surface area contributed by atoms with Gasteiger partial charge in [0.15, 0.2) is 0 Å². The van der Waals surface area contributed by atoms with Gasteiger partial charge >= 0.3 is 6.18 Å². The van der Waals surface area contributed by atoms with Gasteiger partial charge in [0.05, 0.1) is 11.3 Å². The van der Waals surface area contributed by atoms with Crippen molar-refractivity contribution in [1.82, 2.24) is 4.90 Å². The van der Waals surface area contributed by atoms with Crippen LogP contribution in [0.3, 0.4) is 0 Å². The number of nitrogens with two attached hydrogens (primary N) is 1. The predicted molar refractivity (Wildman–Crippen MR) is 75.6 cm³/mol. The van der Waals surface area contributed by atoms with Crippen molar-refractivity contribution in [3.8, 4) is 0 Å². The van der Waals surface area contributed by atoms with E-state index in [-0.39, 0.29) is 24.4 Å². The van der Waals surface area contributed by atoms with Crippen molar-refractivity contribution in [1.29, 1.82) is 0 Å². The smallest absolute Gasteiger partial charge is 0.329 e. The number of rotatable bonds is 6. The van der Waals surface area contributed by atoms with Crippen molar-refractivity contribution in [2.24, 2.45) is 5.73 Å². The first kappa shape index (κ1) is 17.9. The van der Waals surface area contributed by atoms with Gasteiger partial charge < -0.3 is 5.73 Å². The zero-order chi connectivity index (χ0) is 16.3. The lowest BCUT2D eigenvalue weighted by Crippen LogP contribution is -2.35. The molecule has 21 heavy (non-hydrogen) atoms. The number of nitrogens with zero attached hydrogens (tertiary/aromatic N) is 1. The maximum atomic E-state index is 13.0. The minimum absolute atomic E-state index is 0.0344. The molecule has 0 radical (unpaired) electrons. The van der Waals surface area contributed by atoms with Crippen LogP contribution in [0.4, 0.5) is 13.2 Å². The third kappa shape index (κ3) is 5.29. The van der Waals surface area contributed by atoms with Crippen LogP contribution in [0.2, 0.25) is 0 Å². The van der Waals surface area contributed by atoms with Gasteiger partial charge in [-0.2, -0.15) is 13.2 Å². The second kappa shape index (κ2) is 6.76. The first-order chi connectivity index (χ1) is 9.56. The van der Waals surface area contributed by atoms with Crippen LogP contribution in [0.15, 0.2) is 24.3 Å². The summed E-state index contributed by atoms with van der Waals surface area (Å²) in [7, 11) is -1.62. The molecule has 1 unspecified atom stereocenters. The van der Waals surface area contributed by atoms with Crippen LogP contribution in [0.1, 0.15) is 17.2 Å². The highest BCUT2D eigenvalue weighted by atomic mass is 32.2. The Morgan fingerprint density at radius 2 is 1.86 bits per heavy atom. The average Bonchev–Trinajstić information content (AvgIpc) is 2.36. The van der Waals surface area contributed by atoms with Gasteiger partial charge in [-0.3, -0.25) is 4.90 Å². The Kier molecular flexibility index (Phi) is 5.77. The van der Waals surface area contributed by atoms with Crippen molar-refractivity contribution < 1.29 is 21.6 Å². The summed E-state index contributed by atoms with van der Waals surface area (Å²) in [5, 5.41) is 0. The van der Waals surface area contributed by atoms with E-state index < -0.39 is 27.6 Å². The molecule has 0 aliphatic rings. The number of hydrogen-bond acceptors (Lipinski definition) is 4. The molecule has 1 aromatic rings. The van der Waals surface area contributed by atoms with Gasteiger partial charge in [-0.1, -0.05) is 18.2 Å². The largest absolute Gasteiger partial charge is 0.416 e. The second-order valence-electron chi connectivity index (χ2n) is 4.95. The van der Waals surface area contributed by atoms with Crippen molar-refractivity contribution >= 4 is 9.84 Å². The Morgan fingerprint density at radius 1 is 1.29 bits per heavy atom. The fourth-order valence-corrected chi connectivity index (χ4v) is 2.68. The monoisotopic (exact) mass is 324 g/mol. The van der Waals surface area contributed by atoms with E-state index in [0.29, 0.717) is 0 Å². The highest BCUT2D eigenvalue weighted by Gasteiger charge is 2.35. The maximum absolute atomic E-state index is 13.0. The third-order valence-corrected chi connectivity index (χ3v) is 4.12. The summed E-state index contributed by atoms with van der Waals surface area (Å²) in [6.45, 7) is 0.0836. The summed E-state index contributed by atoms with van der Waals surface area (Å²) in [6.07, 6.45) is -3.39. The van der Waals surface area contributed by atoms with Gasteiger partial charge in [0.2, 0.25) is 0 Å². The van der Waals surface area contributed by atoms with Crippen molar-refractivity contribution in [2.75, 3.05) is 32.1 Å². The van der Waals surface area contributed by atoms with E-state index in [1.165, 1.54) is 23.1 Å². The molecule has 4 nitrogen and oxygen atoms in total. The van der Waals surface area contributed by atoms with E-state index in [0.717, 1.165) is 12.3 Å². The first-order valence-corrected chi connectivity index (χ1v) is 8.36. The molecule has 0 aliphatic heterocycles. The molecular formula is C13H19F3N2O2S.